The molecule has 0 saturated carbocycles. The van der Waals surface area contributed by atoms with Gasteiger partial charge in [0.25, 0.3) is 0 Å². The highest BCUT2D eigenvalue weighted by molar-refractivity contribution is 9.11. The molecule has 0 unspecified atom stereocenters. The quantitative estimate of drug-likeness (QED) is 0.387. The van der Waals surface area contributed by atoms with E-state index in [0.717, 1.165) is 31.5 Å². The maximum atomic E-state index is 13.3. The lowest BCUT2D eigenvalue weighted by atomic mass is 10.2. The molecule has 134 valence electrons. The Balaban J connectivity index is 1.77. The smallest absolute Gasteiger partial charge is 0.141 e. The van der Waals surface area contributed by atoms with Crippen molar-refractivity contribution in [2.45, 2.75) is 13.2 Å². The average Bonchev–Trinajstić information content (AvgIpc) is 2.62. The molecule has 0 aliphatic rings. The summed E-state index contributed by atoms with van der Waals surface area (Å²) in [6.07, 6.45) is 0. The van der Waals surface area contributed by atoms with Gasteiger partial charge >= 0.3 is 0 Å². The normalized spacial score (nSPS) is 10.6. The summed E-state index contributed by atoms with van der Waals surface area (Å²) in [5, 5.41) is 3.34. The molecular weight excluding hydrogens is 484 g/mol. The van der Waals surface area contributed by atoms with E-state index >= 15 is 0 Å². The van der Waals surface area contributed by atoms with Gasteiger partial charge in [0.1, 0.15) is 18.2 Å². The second-order valence-corrected chi connectivity index (χ2v) is 7.81. The maximum Gasteiger partial charge on any atom is 0.141 e. The van der Waals surface area contributed by atoms with Crippen LogP contribution in [0.1, 0.15) is 11.1 Å². The lowest BCUT2D eigenvalue weighted by Gasteiger charge is -2.15. The molecule has 2 nitrogen and oxygen atoms in total. The summed E-state index contributed by atoms with van der Waals surface area (Å²) < 4.78 is 21.1. The molecule has 0 spiro atoms. The molecule has 0 amide bonds. The number of hydrogen-bond acceptors (Lipinski definition) is 2. The van der Waals surface area contributed by atoms with Crippen LogP contribution in [0, 0.1) is 5.82 Å². The maximum absolute atomic E-state index is 13.3. The number of hydrogen-bond donors (Lipinski definition) is 1. The highest BCUT2D eigenvalue weighted by Gasteiger charge is 2.11. The van der Waals surface area contributed by atoms with Gasteiger partial charge in [0, 0.05) is 22.3 Å². The molecule has 0 aliphatic carbocycles. The van der Waals surface area contributed by atoms with Gasteiger partial charge in [-0.1, -0.05) is 57.9 Å². The van der Waals surface area contributed by atoms with Crippen LogP contribution in [0.4, 0.5) is 10.1 Å². The molecule has 6 heteroatoms. The fourth-order valence-electron chi connectivity index (χ4n) is 2.44. The molecule has 3 rings (SSSR count). The Hall–Kier alpha value is -1.56. The molecule has 0 radical (unpaired) electrons. The summed E-state index contributed by atoms with van der Waals surface area (Å²) in [6.45, 7) is 0.973. The highest BCUT2D eigenvalue weighted by Crippen LogP contribution is 2.34. The van der Waals surface area contributed by atoms with E-state index in [9.17, 15) is 4.39 Å². The fourth-order valence-corrected chi connectivity index (χ4v) is 4.05. The van der Waals surface area contributed by atoms with Gasteiger partial charge in [-0.15, -0.1) is 0 Å². The Morgan fingerprint density at radius 2 is 1.77 bits per heavy atom. The van der Waals surface area contributed by atoms with E-state index in [1.807, 2.05) is 42.5 Å². The first kappa shape index (κ1) is 19.2. The van der Waals surface area contributed by atoms with Crippen LogP contribution in [0.3, 0.4) is 0 Å². The van der Waals surface area contributed by atoms with Gasteiger partial charge in [-0.2, -0.15) is 0 Å². The summed E-state index contributed by atoms with van der Waals surface area (Å²) in [5.41, 5.74) is 2.79. The van der Waals surface area contributed by atoms with Gasteiger partial charge in [-0.3, -0.25) is 0 Å². The lowest BCUT2D eigenvalue weighted by molar-refractivity contribution is 0.301. The van der Waals surface area contributed by atoms with Crippen LogP contribution in [-0.4, -0.2) is 0 Å². The average molecular weight is 500 g/mol. The van der Waals surface area contributed by atoms with Crippen molar-refractivity contribution >= 4 is 49.1 Å². The standard InChI is InChI=1S/C20H15Br2ClFNO/c21-15-8-14(11-25-16-6-7-19(24)18(23)10-16)20(17(22)9-15)26-12-13-4-2-1-3-5-13/h1-10,25H,11-12H2. The summed E-state index contributed by atoms with van der Waals surface area (Å²) in [6, 6.07) is 18.5. The third-order valence-electron chi connectivity index (χ3n) is 3.71. The van der Waals surface area contributed by atoms with Crippen LogP contribution >= 0.6 is 43.5 Å². The van der Waals surface area contributed by atoms with E-state index in [1.165, 1.54) is 6.07 Å². The van der Waals surface area contributed by atoms with E-state index in [2.05, 4.69) is 37.2 Å². The molecule has 0 bridgehead atoms. The highest BCUT2D eigenvalue weighted by atomic mass is 79.9. The molecule has 0 heterocycles. The number of anilines is 1. The van der Waals surface area contributed by atoms with E-state index in [0.29, 0.717) is 13.2 Å². The summed E-state index contributed by atoms with van der Waals surface area (Å²) in [5.74, 6) is 0.326. The Labute approximate surface area is 173 Å². The van der Waals surface area contributed by atoms with Crippen LogP contribution < -0.4 is 10.1 Å². The first-order chi connectivity index (χ1) is 12.5. The van der Waals surface area contributed by atoms with Crippen molar-refractivity contribution in [3.05, 3.63) is 91.6 Å². The molecule has 0 aliphatic heterocycles. The summed E-state index contributed by atoms with van der Waals surface area (Å²) >= 11 is 12.9. The lowest BCUT2D eigenvalue weighted by Crippen LogP contribution is -2.05. The van der Waals surface area contributed by atoms with Gasteiger partial charge < -0.3 is 10.1 Å². The van der Waals surface area contributed by atoms with Gasteiger partial charge in [-0.25, -0.2) is 4.39 Å². The van der Waals surface area contributed by atoms with Crippen molar-refractivity contribution < 1.29 is 9.13 Å². The fraction of sp³-hybridized carbons (Fsp3) is 0.100. The number of ether oxygens (including phenoxy) is 1. The van der Waals surface area contributed by atoms with Crippen molar-refractivity contribution in [1.29, 1.82) is 0 Å². The van der Waals surface area contributed by atoms with Crippen molar-refractivity contribution in [2.75, 3.05) is 5.32 Å². The largest absolute Gasteiger partial charge is 0.487 e. The van der Waals surface area contributed by atoms with Crippen molar-refractivity contribution in [2.24, 2.45) is 0 Å². The zero-order chi connectivity index (χ0) is 18.5. The monoisotopic (exact) mass is 497 g/mol. The van der Waals surface area contributed by atoms with Crippen LogP contribution in [0.2, 0.25) is 5.02 Å². The minimum absolute atomic E-state index is 0.0889. The zero-order valence-electron chi connectivity index (χ0n) is 13.6. The Morgan fingerprint density at radius 3 is 2.50 bits per heavy atom. The van der Waals surface area contributed by atoms with E-state index < -0.39 is 5.82 Å². The molecule has 3 aromatic rings. The molecule has 1 N–H and O–H groups in total. The minimum Gasteiger partial charge on any atom is -0.487 e. The van der Waals surface area contributed by atoms with Crippen molar-refractivity contribution in [3.8, 4) is 5.75 Å². The van der Waals surface area contributed by atoms with Gasteiger partial charge in [0.05, 0.1) is 9.50 Å². The summed E-state index contributed by atoms with van der Waals surface area (Å²) in [4.78, 5) is 0. The predicted molar refractivity (Wildman–Crippen MR) is 111 cm³/mol. The van der Waals surface area contributed by atoms with Crippen molar-refractivity contribution in [1.82, 2.24) is 0 Å². The number of nitrogens with one attached hydrogen (secondary N) is 1. The zero-order valence-corrected chi connectivity index (χ0v) is 17.5. The molecule has 3 aromatic carbocycles. The van der Waals surface area contributed by atoms with Crippen LogP contribution in [0.5, 0.6) is 5.75 Å². The first-order valence-corrected chi connectivity index (χ1v) is 9.83. The molecule has 26 heavy (non-hydrogen) atoms. The number of benzene rings is 3. The van der Waals surface area contributed by atoms with Gasteiger partial charge in [0.15, 0.2) is 0 Å². The Morgan fingerprint density at radius 1 is 1.00 bits per heavy atom. The van der Waals surface area contributed by atoms with Gasteiger partial charge in [-0.05, 0) is 51.8 Å². The topological polar surface area (TPSA) is 21.3 Å². The molecule has 0 aromatic heterocycles. The van der Waals surface area contributed by atoms with Gasteiger partial charge in [0.2, 0.25) is 0 Å². The second-order valence-electron chi connectivity index (χ2n) is 5.63. The minimum atomic E-state index is -0.436. The molecule has 0 fully saturated rings. The summed E-state index contributed by atoms with van der Waals surface area (Å²) in [7, 11) is 0. The predicted octanol–water partition coefficient (Wildman–Crippen LogP) is 7.20. The van der Waals surface area contributed by atoms with E-state index in [4.69, 9.17) is 16.3 Å². The number of halogens is 4. The Kier molecular flexibility index (Phi) is 6.57. The van der Waals surface area contributed by atoms with Crippen molar-refractivity contribution in [3.63, 3.8) is 0 Å². The van der Waals surface area contributed by atoms with E-state index in [1.54, 1.807) is 12.1 Å². The van der Waals surface area contributed by atoms with E-state index in [-0.39, 0.29) is 5.02 Å². The third-order valence-corrected chi connectivity index (χ3v) is 5.05. The molecule has 0 saturated heterocycles. The van der Waals surface area contributed by atoms with Crippen LogP contribution in [0.15, 0.2) is 69.6 Å². The first-order valence-electron chi connectivity index (χ1n) is 7.86. The second kappa shape index (κ2) is 8.89. The SMILES string of the molecule is Fc1ccc(NCc2cc(Br)cc(Br)c2OCc2ccccc2)cc1Cl. The Bertz CT molecular complexity index is 906. The third kappa shape index (κ3) is 5.00. The molecular formula is C20H15Br2ClFNO. The number of rotatable bonds is 6. The molecule has 0 atom stereocenters. The van der Waals surface area contributed by atoms with Crippen LogP contribution in [0.25, 0.3) is 0 Å². The van der Waals surface area contributed by atoms with Crippen LogP contribution in [-0.2, 0) is 13.2 Å².